The number of hydrogen-bond acceptors (Lipinski definition) is 3. The third-order valence-electron chi connectivity index (χ3n) is 2.40. The number of carbonyl (C=O) groups excluding carboxylic acids is 1. The summed E-state index contributed by atoms with van der Waals surface area (Å²) in [5.41, 5.74) is 0. The molecule has 0 aromatic carbocycles. The van der Waals surface area contributed by atoms with E-state index in [2.05, 4.69) is 10.6 Å². The first-order chi connectivity index (χ1) is 8.01. The molecular formula is C11H22N2O3S. The van der Waals surface area contributed by atoms with Gasteiger partial charge in [0.25, 0.3) is 0 Å². The lowest BCUT2D eigenvalue weighted by Crippen LogP contribution is -2.47. The van der Waals surface area contributed by atoms with Gasteiger partial charge in [0.15, 0.2) is 0 Å². The maximum Gasteiger partial charge on any atom is 0.326 e. The topological polar surface area (TPSA) is 78.4 Å². The third-order valence-corrected chi connectivity index (χ3v) is 3.37. The molecular weight excluding hydrogens is 240 g/mol. The summed E-state index contributed by atoms with van der Waals surface area (Å²) >= 11 is 1.65. The summed E-state index contributed by atoms with van der Waals surface area (Å²) in [6, 6.07) is -1.20. The van der Waals surface area contributed by atoms with Gasteiger partial charge in [-0.25, -0.2) is 9.59 Å². The van der Waals surface area contributed by atoms with Crippen molar-refractivity contribution in [3.63, 3.8) is 0 Å². The Bertz CT molecular complexity index is 249. The van der Waals surface area contributed by atoms with Crippen molar-refractivity contribution in [1.82, 2.24) is 10.6 Å². The first-order valence-corrected chi connectivity index (χ1v) is 7.10. The highest BCUT2D eigenvalue weighted by molar-refractivity contribution is 7.99. The van der Waals surface area contributed by atoms with Crippen molar-refractivity contribution in [2.45, 2.75) is 44.4 Å². The van der Waals surface area contributed by atoms with Gasteiger partial charge in [-0.3, -0.25) is 0 Å². The van der Waals surface area contributed by atoms with Gasteiger partial charge >= 0.3 is 12.0 Å². The molecule has 0 saturated heterocycles. The third kappa shape index (κ3) is 7.90. The standard InChI is InChI=1S/C11H22N2O3S/c1-4-5-6-9(10(14)15)13-11(16)12-7-8(2)17-3/h8-9H,4-7H2,1-3H3,(H,14,15)(H2,12,13,16)/t8?,9-/m0/s1. The molecule has 2 amide bonds. The number of thioether (sulfide) groups is 1. The van der Waals surface area contributed by atoms with Crippen LogP contribution in [-0.2, 0) is 4.79 Å². The highest BCUT2D eigenvalue weighted by Crippen LogP contribution is 2.03. The summed E-state index contributed by atoms with van der Waals surface area (Å²) in [6.45, 7) is 4.52. The molecule has 17 heavy (non-hydrogen) atoms. The van der Waals surface area contributed by atoms with Crippen LogP contribution >= 0.6 is 11.8 Å². The largest absolute Gasteiger partial charge is 0.480 e. The van der Waals surface area contributed by atoms with Crippen LogP contribution in [-0.4, -0.2) is 41.2 Å². The van der Waals surface area contributed by atoms with E-state index in [1.54, 1.807) is 11.8 Å². The second kappa shape index (κ2) is 9.15. The fourth-order valence-corrected chi connectivity index (χ4v) is 1.44. The van der Waals surface area contributed by atoms with E-state index in [9.17, 15) is 9.59 Å². The highest BCUT2D eigenvalue weighted by atomic mass is 32.2. The molecule has 0 fully saturated rings. The Balaban J connectivity index is 3.99. The van der Waals surface area contributed by atoms with Crippen molar-refractivity contribution >= 4 is 23.8 Å². The Kier molecular flexibility index (Phi) is 8.66. The maximum absolute atomic E-state index is 11.4. The summed E-state index contributed by atoms with van der Waals surface area (Å²) in [4.78, 5) is 22.3. The lowest BCUT2D eigenvalue weighted by Gasteiger charge is -2.16. The molecule has 100 valence electrons. The van der Waals surface area contributed by atoms with E-state index in [4.69, 9.17) is 5.11 Å². The monoisotopic (exact) mass is 262 g/mol. The predicted octanol–water partition coefficient (Wildman–Crippen LogP) is 1.68. The predicted molar refractivity (Wildman–Crippen MR) is 70.5 cm³/mol. The Labute approximate surface area is 107 Å². The number of aliphatic carboxylic acids is 1. The first-order valence-electron chi connectivity index (χ1n) is 5.81. The van der Waals surface area contributed by atoms with E-state index in [1.807, 2.05) is 20.1 Å². The smallest absolute Gasteiger partial charge is 0.326 e. The van der Waals surface area contributed by atoms with Crippen molar-refractivity contribution in [1.29, 1.82) is 0 Å². The Morgan fingerprint density at radius 3 is 2.53 bits per heavy atom. The van der Waals surface area contributed by atoms with Gasteiger partial charge in [-0.05, 0) is 12.7 Å². The lowest BCUT2D eigenvalue weighted by atomic mass is 10.1. The minimum absolute atomic E-state index is 0.319. The summed E-state index contributed by atoms with van der Waals surface area (Å²) in [5.74, 6) is -0.980. The van der Waals surface area contributed by atoms with Gasteiger partial charge in [0.2, 0.25) is 0 Å². The SMILES string of the molecule is CCCC[C@H](NC(=O)NCC(C)SC)C(=O)O. The fraction of sp³-hybridized carbons (Fsp3) is 0.818. The van der Waals surface area contributed by atoms with Gasteiger partial charge in [0.1, 0.15) is 6.04 Å². The van der Waals surface area contributed by atoms with Crippen LogP contribution in [0, 0.1) is 0 Å². The molecule has 5 nitrogen and oxygen atoms in total. The van der Waals surface area contributed by atoms with Gasteiger partial charge in [-0.15, -0.1) is 0 Å². The summed E-state index contributed by atoms with van der Waals surface area (Å²) in [7, 11) is 0. The van der Waals surface area contributed by atoms with Crippen LogP contribution in [0.4, 0.5) is 4.79 Å². The van der Waals surface area contributed by atoms with Crippen LogP contribution in [0.2, 0.25) is 0 Å². The highest BCUT2D eigenvalue weighted by Gasteiger charge is 2.18. The summed E-state index contributed by atoms with van der Waals surface area (Å²) < 4.78 is 0. The molecule has 6 heteroatoms. The molecule has 0 spiro atoms. The molecule has 0 aromatic heterocycles. The van der Waals surface area contributed by atoms with E-state index < -0.39 is 18.0 Å². The molecule has 0 bridgehead atoms. The zero-order chi connectivity index (χ0) is 13.3. The molecule has 0 aliphatic rings. The number of rotatable bonds is 8. The van der Waals surface area contributed by atoms with Gasteiger partial charge in [-0.2, -0.15) is 11.8 Å². The van der Waals surface area contributed by atoms with Crippen molar-refractivity contribution in [3.8, 4) is 0 Å². The molecule has 0 aromatic rings. The van der Waals surface area contributed by atoms with E-state index in [0.29, 0.717) is 18.2 Å². The zero-order valence-electron chi connectivity index (χ0n) is 10.7. The quantitative estimate of drug-likeness (QED) is 0.622. The molecule has 3 N–H and O–H groups in total. The maximum atomic E-state index is 11.4. The zero-order valence-corrected chi connectivity index (χ0v) is 11.5. The van der Waals surface area contributed by atoms with Crippen LogP contribution in [0.3, 0.4) is 0 Å². The van der Waals surface area contributed by atoms with Gasteiger partial charge in [0, 0.05) is 11.8 Å². The number of nitrogens with one attached hydrogen (secondary N) is 2. The van der Waals surface area contributed by atoms with Gasteiger partial charge < -0.3 is 15.7 Å². The average molecular weight is 262 g/mol. The van der Waals surface area contributed by atoms with Crippen molar-refractivity contribution in [2.24, 2.45) is 0 Å². The fourth-order valence-electron chi connectivity index (χ4n) is 1.19. The van der Waals surface area contributed by atoms with Crippen LogP contribution in [0.25, 0.3) is 0 Å². The molecule has 1 unspecified atom stereocenters. The molecule has 0 saturated carbocycles. The molecule has 0 aliphatic heterocycles. The van der Waals surface area contributed by atoms with Gasteiger partial charge in [-0.1, -0.05) is 26.7 Å². The Morgan fingerprint density at radius 1 is 1.41 bits per heavy atom. The van der Waals surface area contributed by atoms with E-state index in [0.717, 1.165) is 12.8 Å². The number of unbranched alkanes of at least 4 members (excludes halogenated alkanes) is 1. The first kappa shape index (κ1) is 16.1. The van der Waals surface area contributed by atoms with Crippen molar-refractivity contribution in [2.75, 3.05) is 12.8 Å². The van der Waals surface area contributed by atoms with E-state index in [1.165, 1.54) is 0 Å². The normalized spacial score (nSPS) is 13.8. The molecule has 0 rings (SSSR count). The molecule has 0 heterocycles. The number of urea groups is 1. The number of carbonyl (C=O) groups is 2. The molecule has 0 radical (unpaired) electrons. The second-order valence-electron chi connectivity index (χ2n) is 3.93. The number of carboxylic acids is 1. The number of hydrogen-bond donors (Lipinski definition) is 3. The number of amides is 2. The van der Waals surface area contributed by atoms with Gasteiger partial charge in [0.05, 0.1) is 0 Å². The summed E-state index contributed by atoms with van der Waals surface area (Å²) in [5, 5.41) is 14.4. The van der Waals surface area contributed by atoms with Crippen LogP contribution in [0.15, 0.2) is 0 Å². The Morgan fingerprint density at radius 2 is 2.06 bits per heavy atom. The van der Waals surface area contributed by atoms with Crippen LogP contribution in [0.5, 0.6) is 0 Å². The molecule has 0 aliphatic carbocycles. The van der Waals surface area contributed by atoms with E-state index in [-0.39, 0.29) is 0 Å². The Hall–Kier alpha value is -0.910. The van der Waals surface area contributed by atoms with Crippen molar-refractivity contribution < 1.29 is 14.7 Å². The lowest BCUT2D eigenvalue weighted by molar-refractivity contribution is -0.139. The second-order valence-corrected chi connectivity index (χ2v) is 5.21. The summed E-state index contributed by atoms with van der Waals surface area (Å²) in [6.07, 6.45) is 4.14. The van der Waals surface area contributed by atoms with E-state index >= 15 is 0 Å². The van der Waals surface area contributed by atoms with Crippen molar-refractivity contribution in [3.05, 3.63) is 0 Å². The minimum atomic E-state index is -0.980. The van der Waals surface area contributed by atoms with Crippen LogP contribution < -0.4 is 10.6 Å². The minimum Gasteiger partial charge on any atom is -0.480 e. The number of carboxylic acid groups (broad SMARTS) is 1. The average Bonchev–Trinajstić information content (AvgIpc) is 2.30. The molecule has 2 atom stereocenters. The van der Waals surface area contributed by atoms with Crippen LogP contribution in [0.1, 0.15) is 33.1 Å².